The van der Waals surface area contributed by atoms with Crippen LogP contribution in [0.4, 0.5) is 0 Å². The van der Waals surface area contributed by atoms with Crippen molar-refractivity contribution in [2.24, 2.45) is 0 Å². The van der Waals surface area contributed by atoms with E-state index in [0.29, 0.717) is 6.54 Å². The summed E-state index contributed by atoms with van der Waals surface area (Å²) in [6.07, 6.45) is 2.91. The van der Waals surface area contributed by atoms with Crippen molar-refractivity contribution in [1.82, 2.24) is 14.5 Å². The lowest BCUT2D eigenvalue weighted by Crippen LogP contribution is -2.22. The van der Waals surface area contributed by atoms with Gasteiger partial charge in [0.15, 0.2) is 0 Å². The maximum atomic E-state index is 12.0. The Hall–Kier alpha value is -1.18. The molecular formula is C11H15N3O2S2. The van der Waals surface area contributed by atoms with Gasteiger partial charge < -0.3 is 0 Å². The van der Waals surface area contributed by atoms with Gasteiger partial charge in [-0.25, -0.2) is 13.1 Å². The summed E-state index contributed by atoms with van der Waals surface area (Å²) < 4.78 is 28.2. The zero-order chi connectivity index (χ0) is 13.2. The number of nitrogens with one attached hydrogen (secondary N) is 1. The van der Waals surface area contributed by atoms with E-state index in [-0.39, 0.29) is 10.9 Å². The van der Waals surface area contributed by atoms with Gasteiger partial charge in [-0.3, -0.25) is 4.68 Å². The van der Waals surface area contributed by atoms with E-state index in [1.54, 1.807) is 10.9 Å². The Kier molecular flexibility index (Phi) is 3.84. The van der Waals surface area contributed by atoms with Crippen LogP contribution in [0.2, 0.25) is 0 Å². The van der Waals surface area contributed by atoms with Gasteiger partial charge in [-0.05, 0) is 25.3 Å². The fraction of sp³-hybridized carbons (Fsp3) is 0.364. The van der Waals surface area contributed by atoms with Gasteiger partial charge in [0, 0.05) is 23.7 Å². The van der Waals surface area contributed by atoms with Crippen molar-refractivity contribution >= 4 is 21.4 Å². The first-order valence-electron chi connectivity index (χ1n) is 5.55. The maximum Gasteiger partial charge on any atom is 0.244 e. The SMILES string of the molecule is CC(C)n1cc(S(=O)(=O)NCc2cccs2)cn1. The Labute approximate surface area is 111 Å². The van der Waals surface area contributed by atoms with Crippen LogP contribution in [0.1, 0.15) is 24.8 Å². The molecule has 0 aliphatic carbocycles. The Balaban J connectivity index is 2.10. The van der Waals surface area contributed by atoms with Crippen molar-refractivity contribution in [2.45, 2.75) is 31.3 Å². The van der Waals surface area contributed by atoms with Crippen LogP contribution in [0.5, 0.6) is 0 Å². The van der Waals surface area contributed by atoms with E-state index < -0.39 is 10.0 Å². The van der Waals surface area contributed by atoms with E-state index in [1.807, 2.05) is 31.4 Å². The first-order chi connectivity index (χ1) is 8.49. The topological polar surface area (TPSA) is 64.0 Å². The van der Waals surface area contributed by atoms with E-state index in [2.05, 4.69) is 9.82 Å². The largest absolute Gasteiger partial charge is 0.269 e. The van der Waals surface area contributed by atoms with Crippen molar-refractivity contribution in [3.63, 3.8) is 0 Å². The fourth-order valence-electron chi connectivity index (χ4n) is 1.40. The van der Waals surface area contributed by atoms with Gasteiger partial charge in [0.05, 0.1) is 6.20 Å². The third kappa shape index (κ3) is 2.98. The highest BCUT2D eigenvalue weighted by Crippen LogP contribution is 2.13. The third-order valence-electron chi connectivity index (χ3n) is 2.43. The summed E-state index contributed by atoms with van der Waals surface area (Å²) >= 11 is 1.52. The average molecular weight is 285 g/mol. The van der Waals surface area contributed by atoms with Crippen molar-refractivity contribution in [3.8, 4) is 0 Å². The van der Waals surface area contributed by atoms with Crippen LogP contribution >= 0.6 is 11.3 Å². The normalized spacial score (nSPS) is 12.2. The highest BCUT2D eigenvalue weighted by Gasteiger charge is 2.16. The molecule has 2 rings (SSSR count). The van der Waals surface area contributed by atoms with E-state index in [1.165, 1.54) is 17.5 Å². The van der Waals surface area contributed by atoms with E-state index >= 15 is 0 Å². The smallest absolute Gasteiger partial charge is 0.244 e. The Morgan fingerprint density at radius 2 is 2.28 bits per heavy atom. The highest BCUT2D eigenvalue weighted by molar-refractivity contribution is 7.89. The summed E-state index contributed by atoms with van der Waals surface area (Å²) in [7, 11) is -3.48. The first-order valence-corrected chi connectivity index (χ1v) is 7.91. The number of aromatic nitrogens is 2. The standard InChI is InChI=1S/C11H15N3O2S2/c1-9(2)14-8-11(7-12-14)18(15,16)13-6-10-4-3-5-17-10/h3-5,7-9,13H,6H2,1-2H3. The number of hydrogen-bond acceptors (Lipinski definition) is 4. The van der Waals surface area contributed by atoms with Gasteiger partial charge in [-0.15, -0.1) is 11.3 Å². The van der Waals surface area contributed by atoms with E-state index in [0.717, 1.165) is 4.88 Å². The van der Waals surface area contributed by atoms with Gasteiger partial charge in [0.25, 0.3) is 0 Å². The lowest BCUT2D eigenvalue weighted by Gasteiger charge is -2.04. The van der Waals surface area contributed by atoms with Gasteiger partial charge in [-0.1, -0.05) is 6.07 Å². The van der Waals surface area contributed by atoms with Crippen LogP contribution in [-0.4, -0.2) is 18.2 Å². The molecule has 0 aliphatic heterocycles. The van der Waals surface area contributed by atoms with Crippen LogP contribution in [0.3, 0.4) is 0 Å². The van der Waals surface area contributed by atoms with E-state index in [4.69, 9.17) is 0 Å². The quantitative estimate of drug-likeness (QED) is 0.914. The maximum absolute atomic E-state index is 12.0. The van der Waals surface area contributed by atoms with Crippen molar-refractivity contribution in [3.05, 3.63) is 34.8 Å². The molecule has 1 N–H and O–H groups in total. The second kappa shape index (κ2) is 5.21. The molecule has 0 saturated carbocycles. The number of sulfonamides is 1. The number of thiophene rings is 1. The zero-order valence-corrected chi connectivity index (χ0v) is 11.8. The van der Waals surface area contributed by atoms with E-state index in [9.17, 15) is 8.42 Å². The molecule has 0 atom stereocenters. The molecule has 18 heavy (non-hydrogen) atoms. The Bertz CT molecular complexity index is 600. The fourth-order valence-corrected chi connectivity index (χ4v) is 3.09. The molecule has 2 aromatic rings. The van der Waals surface area contributed by atoms with Gasteiger partial charge in [-0.2, -0.15) is 5.10 Å². The molecule has 0 aromatic carbocycles. The van der Waals surface area contributed by atoms with Crippen LogP contribution < -0.4 is 4.72 Å². The third-order valence-corrected chi connectivity index (χ3v) is 4.67. The van der Waals surface area contributed by atoms with Crippen molar-refractivity contribution < 1.29 is 8.42 Å². The van der Waals surface area contributed by atoms with Gasteiger partial charge >= 0.3 is 0 Å². The highest BCUT2D eigenvalue weighted by atomic mass is 32.2. The van der Waals surface area contributed by atoms with Crippen molar-refractivity contribution in [1.29, 1.82) is 0 Å². The molecule has 0 bridgehead atoms. The summed E-state index contributed by atoms with van der Waals surface area (Å²) in [5, 5.41) is 5.94. The molecule has 2 aromatic heterocycles. The van der Waals surface area contributed by atoms with Crippen molar-refractivity contribution in [2.75, 3.05) is 0 Å². The second-order valence-corrected chi connectivity index (χ2v) is 6.95. The Morgan fingerprint density at radius 3 is 2.83 bits per heavy atom. The summed E-state index contributed by atoms with van der Waals surface area (Å²) in [5.74, 6) is 0. The predicted octanol–water partition coefficient (Wildman–Crippen LogP) is 2.00. The molecule has 0 aliphatic rings. The zero-order valence-electron chi connectivity index (χ0n) is 10.2. The minimum Gasteiger partial charge on any atom is -0.269 e. The van der Waals surface area contributed by atoms with Crippen LogP contribution in [0.25, 0.3) is 0 Å². The molecule has 0 fully saturated rings. The molecule has 0 saturated heterocycles. The molecule has 0 spiro atoms. The summed E-state index contributed by atoms with van der Waals surface area (Å²) in [6, 6.07) is 3.93. The number of nitrogens with zero attached hydrogens (tertiary/aromatic N) is 2. The lowest BCUT2D eigenvalue weighted by molar-refractivity contribution is 0.531. The van der Waals surface area contributed by atoms with Gasteiger partial charge in [0.1, 0.15) is 4.90 Å². The summed E-state index contributed by atoms with van der Waals surface area (Å²) in [4.78, 5) is 1.18. The van der Waals surface area contributed by atoms with Crippen LogP contribution in [-0.2, 0) is 16.6 Å². The predicted molar refractivity (Wildman–Crippen MR) is 71.0 cm³/mol. The Morgan fingerprint density at radius 1 is 1.50 bits per heavy atom. The average Bonchev–Trinajstić information content (AvgIpc) is 2.98. The second-order valence-electron chi connectivity index (χ2n) is 4.15. The monoisotopic (exact) mass is 285 g/mol. The summed E-state index contributed by atoms with van der Waals surface area (Å²) in [5.41, 5.74) is 0. The number of rotatable bonds is 5. The van der Waals surface area contributed by atoms with Crippen LogP contribution in [0, 0.1) is 0 Å². The molecule has 98 valence electrons. The first kappa shape index (κ1) is 13.3. The molecule has 0 amide bonds. The molecular weight excluding hydrogens is 270 g/mol. The van der Waals surface area contributed by atoms with Crippen LogP contribution in [0.15, 0.2) is 34.8 Å². The minimum absolute atomic E-state index is 0.145. The number of hydrogen-bond donors (Lipinski definition) is 1. The molecule has 0 radical (unpaired) electrons. The molecule has 0 unspecified atom stereocenters. The molecule has 7 heteroatoms. The minimum atomic E-state index is -3.48. The lowest BCUT2D eigenvalue weighted by atomic mass is 10.4. The summed E-state index contributed by atoms with van der Waals surface area (Å²) in [6.45, 7) is 4.21. The van der Waals surface area contributed by atoms with Gasteiger partial charge in [0.2, 0.25) is 10.0 Å². The molecule has 5 nitrogen and oxygen atoms in total. The molecule has 2 heterocycles.